The Hall–Kier alpha value is -2.93. The number of fused-ring (bicyclic) bond motifs is 1. The van der Waals surface area contributed by atoms with Gasteiger partial charge in [-0.15, -0.1) is 11.3 Å². The van der Waals surface area contributed by atoms with E-state index in [4.69, 9.17) is 9.84 Å². The molecule has 0 unspecified atom stereocenters. The molecule has 0 atom stereocenters. The Kier molecular flexibility index (Phi) is 4.18. The maximum absolute atomic E-state index is 12.2. The van der Waals surface area contributed by atoms with E-state index >= 15 is 0 Å². The van der Waals surface area contributed by atoms with Crippen molar-refractivity contribution in [3.05, 3.63) is 56.4 Å². The van der Waals surface area contributed by atoms with Gasteiger partial charge in [0.2, 0.25) is 0 Å². The number of hydrogen-bond acceptors (Lipinski definition) is 5. The molecule has 0 saturated carbocycles. The number of rotatable bonds is 4. The first-order valence-electron chi connectivity index (χ1n) is 7.08. The van der Waals surface area contributed by atoms with Crippen molar-refractivity contribution in [2.24, 2.45) is 0 Å². The van der Waals surface area contributed by atoms with E-state index in [2.05, 4.69) is 9.97 Å². The second-order valence-corrected chi connectivity index (χ2v) is 6.10. The fourth-order valence-electron chi connectivity index (χ4n) is 2.33. The third kappa shape index (κ3) is 2.93. The van der Waals surface area contributed by atoms with Crippen molar-refractivity contribution in [2.75, 3.05) is 7.11 Å². The number of nitrogens with zero attached hydrogens (tertiary/aromatic N) is 1. The molecule has 6 nitrogen and oxygen atoms in total. The topological polar surface area (TPSA) is 92.3 Å². The van der Waals surface area contributed by atoms with Crippen LogP contribution in [0.2, 0.25) is 0 Å². The van der Waals surface area contributed by atoms with E-state index in [1.807, 2.05) is 30.3 Å². The minimum absolute atomic E-state index is 0.138. The molecule has 0 spiro atoms. The number of carboxylic acids is 1. The summed E-state index contributed by atoms with van der Waals surface area (Å²) >= 11 is 1.01. The fourth-order valence-corrected chi connectivity index (χ4v) is 3.36. The van der Waals surface area contributed by atoms with Crippen molar-refractivity contribution in [2.45, 2.75) is 6.92 Å². The number of aromatic nitrogens is 2. The number of hydrogen-bond donors (Lipinski definition) is 2. The molecule has 0 amide bonds. The summed E-state index contributed by atoms with van der Waals surface area (Å²) in [5.41, 5.74) is 1.03. The van der Waals surface area contributed by atoms with Gasteiger partial charge < -0.3 is 14.8 Å². The van der Waals surface area contributed by atoms with E-state index in [1.165, 1.54) is 0 Å². The Bertz CT molecular complexity index is 1000. The fraction of sp³-hybridized carbons (Fsp3) is 0.118. The van der Waals surface area contributed by atoms with Gasteiger partial charge in [0.25, 0.3) is 5.56 Å². The highest BCUT2D eigenvalue weighted by atomic mass is 32.1. The lowest BCUT2D eigenvalue weighted by atomic mass is 10.2. The molecule has 2 N–H and O–H groups in total. The van der Waals surface area contributed by atoms with Gasteiger partial charge in [-0.1, -0.05) is 18.2 Å². The Balaban J connectivity index is 1.99. The average Bonchev–Trinajstić information content (AvgIpc) is 2.91. The number of carboxylic acid groups (broad SMARTS) is 1. The number of nitrogens with one attached hydrogen (secondary N) is 1. The first kappa shape index (κ1) is 15.9. The molecule has 7 heteroatoms. The lowest BCUT2D eigenvalue weighted by Crippen LogP contribution is -2.09. The normalized spacial score (nSPS) is 11.2. The summed E-state index contributed by atoms with van der Waals surface area (Å²) in [7, 11) is 1.60. The van der Waals surface area contributed by atoms with Crippen molar-refractivity contribution in [1.29, 1.82) is 0 Å². The highest BCUT2D eigenvalue weighted by molar-refractivity contribution is 7.20. The van der Waals surface area contributed by atoms with Crippen molar-refractivity contribution in [3.8, 4) is 5.75 Å². The SMILES string of the molecule is COc1ccc(/C=C/c2nc3sc(C(=O)O)c(C)c3c(=O)[nH]2)cc1. The average molecular weight is 342 g/mol. The third-order valence-corrected chi connectivity index (χ3v) is 4.74. The number of aromatic carboxylic acids is 1. The number of H-pyrrole nitrogens is 1. The van der Waals surface area contributed by atoms with Gasteiger partial charge in [-0.05, 0) is 36.3 Å². The van der Waals surface area contributed by atoms with Gasteiger partial charge in [0.05, 0.1) is 12.5 Å². The highest BCUT2D eigenvalue weighted by Crippen LogP contribution is 2.27. The van der Waals surface area contributed by atoms with Crippen LogP contribution < -0.4 is 10.3 Å². The van der Waals surface area contributed by atoms with Gasteiger partial charge in [-0.3, -0.25) is 4.79 Å². The van der Waals surface area contributed by atoms with Crippen molar-refractivity contribution >= 4 is 39.7 Å². The molecule has 0 bridgehead atoms. The maximum atomic E-state index is 12.2. The van der Waals surface area contributed by atoms with Crippen LogP contribution in [0, 0.1) is 6.92 Å². The van der Waals surface area contributed by atoms with E-state index < -0.39 is 5.97 Å². The van der Waals surface area contributed by atoms with Crippen LogP contribution in [0.1, 0.15) is 26.6 Å². The number of thiophene rings is 1. The van der Waals surface area contributed by atoms with E-state index in [0.29, 0.717) is 21.6 Å². The first-order valence-corrected chi connectivity index (χ1v) is 7.90. The zero-order valence-electron chi connectivity index (χ0n) is 13.0. The van der Waals surface area contributed by atoms with Gasteiger partial charge in [0.1, 0.15) is 21.3 Å². The Morgan fingerprint density at radius 2 is 2.00 bits per heavy atom. The van der Waals surface area contributed by atoms with E-state index in [1.54, 1.807) is 20.1 Å². The quantitative estimate of drug-likeness (QED) is 0.760. The zero-order chi connectivity index (χ0) is 17.3. The lowest BCUT2D eigenvalue weighted by Gasteiger charge is -1.99. The van der Waals surface area contributed by atoms with E-state index in [0.717, 1.165) is 22.6 Å². The standard InChI is InChI=1S/C17H14N2O4S/c1-9-13-15(20)18-12(19-16(13)24-14(9)17(21)22)8-5-10-3-6-11(23-2)7-4-10/h3-8H,1-2H3,(H,21,22)(H,18,19,20)/b8-5+. The molecule has 2 aromatic heterocycles. The minimum atomic E-state index is -1.05. The highest BCUT2D eigenvalue weighted by Gasteiger charge is 2.18. The molecule has 0 radical (unpaired) electrons. The third-order valence-electron chi connectivity index (χ3n) is 3.56. The zero-order valence-corrected chi connectivity index (χ0v) is 13.8. The monoisotopic (exact) mass is 342 g/mol. The predicted molar refractivity (Wildman–Crippen MR) is 93.9 cm³/mol. The summed E-state index contributed by atoms with van der Waals surface area (Å²) in [6, 6.07) is 7.43. The van der Waals surface area contributed by atoms with E-state index in [9.17, 15) is 9.59 Å². The molecule has 1 aromatic carbocycles. The molecule has 3 aromatic rings. The predicted octanol–water partition coefficient (Wildman–Crippen LogP) is 3.17. The summed E-state index contributed by atoms with van der Waals surface area (Å²) in [5.74, 6) is 0.0853. The van der Waals surface area contributed by atoms with Gasteiger partial charge in [-0.2, -0.15) is 0 Å². The molecule has 122 valence electrons. The van der Waals surface area contributed by atoms with Gasteiger partial charge >= 0.3 is 5.97 Å². The Morgan fingerprint density at radius 3 is 2.62 bits per heavy atom. The number of benzene rings is 1. The molecule has 24 heavy (non-hydrogen) atoms. The molecule has 0 aliphatic carbocycles. The van der Waals surface area contributed by atoms with Crippen LogP contribution in [0.15, 0.2) is 29.1 Å². The van der Waals surface area contributed by atoms with Crippen molar-refractivity contribution < 1.29 is 14.6 Å². The summed E-state index contributed by atoms with van der Waals surface area (Å²) in [6.45, 7) is 1.62. The molecule has 2 heterocycles. The van der Waals surface area contributed by atoms with Crippen LogP contribution >= 0.6 is 11.3 Å². The first-order chi connectivity index (χ1) is 11.5. The van der Waals surface area contributed by atoms with Gasteiger partial charge in [-0.25, -0.2) is 9.78 Å². The number of aryl methyl sites for hydroxylation is 1. The summed E-state index contributed by atoms with van der Waals surface area (Å²) in [4.78, 5) is 31.0. The summed E-state index contributed by atoms with van der Waals surface area (Å²) in [6.07, 6.45) is 3.49. The second kappa shape index (κ2) is 6.29. The molecular formula is C17H14N2O4S. The molecule has 0 saturated heterocycles. The molecule has 0 aliphatic heterocycles. The summed E-state index contributed by atoms with van der Waals surface area (Å²) < 4.78 is 5.10. The number of methoxy groups -OCH3 is 1. The summed E-state index contributed by atoms with van der Waals surface area (Å²) in [5, 5.41) is 9.50. The van der Waals surface area contributed by atoms with Crippen LogP contribution in [0.4, 0.5) is 0 Å². The van der Waals surface area contributed by atoms with Crippen LogP contribution in [0.5, 0.6) is 5.75 Å². The minimum Gasteiger partial charge on any atom is -0.497 e. The number of carbonyl (C=O) groups is 1. The van der Waals surface area contributed by atoms with Crippen LogP contribution in [0.25, 0.3) is 22.4 Å². The lowest BCUT2D eigenvalue weighted by molar-refractivity contribution is 0.0701. The Labute approximate surface area is 141 Å². The number of ether oxygens (including phenoxy) is 1. The molecule has 0 aliphatic rings. The van der Waals surface area contributed by atoms with Gasteiger partial charge in [0.15, 0.2) is 0 Å². The van der Waals surface area contributed by atoms with Crippen LogP contribution in [0.3, 0.4) is 0 Å². The van der Waals surface area contributed by atoms with Crippen molar-refractivity contribution in [1.82, 2.24) is 9.97 Å². The molecule has 3 rings (SSSR count). The van der Waals surface area contributed by atoms with Gasteiger partial charge in [0, 0.05) is 0 Å². The molecular weight excluding hydrogens is 328 g/mol. The largest absolute Gasteiger partial charge is 0.497 e. The van der Waals surface area contributed by atoms with Crippen molar-refractivity contribution in [3.63, 3.8) is 0 Å². The maximum Gasteiger partial charge on any atom is 0.346 e. The second-order valence-electron chi connectivity index (χ2n) is 5.10. The smallest absolute Gasteiger partial charge is 0.346 e. The van der Waals surface area contributed by atoms with E-state index in [-0.39, 0.29) is 10.4 Å². The molecule has 0 fully saturated rings. The Morgan fingerprint density at radius 1 is 1.29 bits per heavy atom. The van der Waals surface area contributed by atoms with Crippen LogP contribution in [-0.4, -0.2) is 28.2 Å². The van der Waals surface area contributed by atoms with Crippen LogP contribution in [-0.2, 0) is 0 Å². The number of aromatic amines is 1.